The van der Waals surface area contributed by atoms with Crippen LogP contribution in [0.1, 0.15) is 60.3 Å². The number of hydrogen-bond donors (Lipinski definition) is 3. The van der Waals surface area contributed by atoms with Gasteiger partial charge in [-0.1, -0.05) is 24.3 Å². The number of rotatable bonds is 13. The van der Waals surface area contributed by atoms with Gasteiger partial charge in [0.05, 0.1) is 23.0 Å². The van der Waals surface area contributed by atoms with Gasteiger partial charge in [0.2, 0.25) is 21.8 Å². The lowest BCUT2D eigenvalue weighted by molar-refractivity contribution is -0.137. The zero-order valence-electron chi connectivity index (χ0n) is 26.8. The van der Waals surface area contributed by atoms with Crippen LogP contribution in [0.2, 0.25) is 0 Å². The molecule has 0 spiro atoms. The van der Waals surface area contributed by atoms with E-state index in [1.165, 1.54) is 29.2 Å². The van der Waals surface area contributed by atoms with Crippen LogP contribution in [0, 0.1) is 11.7 Å². The molecule has 13 heteroatoms. The van der Waals surface area contributed by atoms with Crippen molar-refractivity contribution in [3.63, 3.8) is 0 Å². The number of amides is 3. The summed E-state index contributed by atoms with van der Waals surface area (Å²) in [5, 5.41) is 6.14. The molecule has 1 saturated heterocycles. The average molecular weight is 665 g/mol. The summed E-state index contributed by atoms with van der Waals surface area (Å²) in [5.41, 5.74) is 2.00. The van der Waals surface area contributed by atoms with Crippen molar-refractivity contribution in [2.45, 2.75) is 49.6 Å². The second kappa shape index (κ2) is 14.7. The summed E-state index contributed by atoms with van der Waals surface area (Å²) in [6, 6.07) is 10.7. The number of pyridine rings is 1. The topological polar surface area (TPSA) is 141 Å². The van der Waals surface area contributed by atoms with Crippen molar-refractivity contribution in [1.82, 2.24) is 30.1 Å². The van der Waals surface area contributed by atoms with Crippen molar-refractivity contribution in [1.29, 1.82) is 0 Å². The van der Waals surface area contributed by atoms with Crippen LogP contribution in [0.4, 0.5) is 4.39 Å². The van der Waals surface area contributed by atoms with Gasteiger partial charge in [0.1, 0.15) is 17.6 Å². The van der Waals surface area contributed by atoms with Gasteiger partial charge in [0.25, 0.3) is 5.91 Å². The number of allylic oxidation sites excluding steroid dienone is 1. The Balaban J connectivity index is 1.24. The number of nitrogens with zero attached hydrogens (tertiary/aromatic N) is 3. The predicted molar refractivity (Wildman–Crippen MR) is 177 cm³/mol. The first-order valence-electron chi connectivity index (χ1n) is 15.8. The molecule has 47 heavy (non-hydrogen) atoms. The molecule has 3 N–H and O–H groups in total. The van der Waals surface area contributed by atoms with Crippen LogP contribution in [-0.2, 0) is 19.6 Å². The van der Waals surface area contributed by atoms with Crippen molar-refractivity contribution < 1.29 is 27.2 Å². The molecule has 2 aromatic carbocycles. The molecular formula is C34H41FN6O5S. The normalized spacial score (nSPS) is 17.4. The number of benzene rings is 2. The van der Waals surface area contributed by atoms with Crippen LogP contribution in [0.5, 0.6) is 0 Å². The number of aromatic nitrogens is 1. The molecule has 0 radical (unpaired) electrons. The lowest BCUT2D eigenvalue weighted by Crippen LogP contribution is -2.49. The third-order valence-electron chi connectivity index (χ3n) is 8.37. The SMILES string of the molecule is CC(NC(=O)C1CCCN1C(=O)CNC(=O)c1ccc2cc(F)ccc2n1)c1cc(S(=O)(=O)NCCN(C)C)ccc1/C=C/C1CC1. The number of sulfonamides is 1. The predicted octanol–water partition coefficient (Wildman–Crippen LogP) is 3.24. The van der Waals surface area contributed by atoms with Gasteiger partial charge in [-0.05, 0) is 100 Å². The molecule has 1 aromatic heterocycles. The van der Waals surface area contributed by atoms with Crippen LogP contribution in [0.3, 0.4) is 0 Å². The van der Waals surface area contributed by atoms with Crippen LogP contribution in [0.25, 0.3) is 17.0 Å². The molecule has 3 aromatic rings. The Morgan fingerprint density at radius 3 is 2.62 bits per heavy atom. The van der Waals surface area contributed by atoms with Gasteiger partial charge < -0.3 is 20.4 Å². The smallest absolute Gasteiger partial charge is 0.270 e. The molecule has 2 fully saturated rings. The van der Waals surface area contributed by atoms with Crippen LogP contribution >= 0.6 is 0 Å². The molecule has 3 amide bonds. The fourth-order valence-electron chi connectivity index (χ4n) is 5.56. The number of likely N-dealkylation sites (tertiary alicyclic amines) is 1. The highest BCUT2D eigenvalue weighted by molar-refractivity contribution is 7.89. The van der Waals surface area contributed by atoms with Gasteiger partial charge in [-0.15, -0.1) is 0 Å². The fraction of sp³-hybridized carbons (Fsp3) is 0.412. The van der Waals surface area contributed by atoms with Gasteiger partial charge in [-0.3, -0.25) is 14.4 Å². The van der Waals surface area contributed by atoms with Gasteiger partial charge in [-0.2, -0.15) is 0 Å². The molecule has 5 rings (SSSR count). The Morgan fingerprint density at radius 1 is 1.09 bits per heavy atom. The number of likely N-dealkylation sites (N-methyl/N-ethyl adjacent to an activating group) is 1. The van der Waals surface area contributed by atoms with E-state index in [-0.39, 0.29) is 29.6 Å². The van der Waals surface area contributed by atoms with Crippen molar-refractivity contribution in [2.24, 2.45) is 5.92 Å². The average Bonchev–Trinajstić information content (AvgIpc) is 3.74. The molecular weight excluding hydrogens is 623 g/mol. The zero-order valence-corrected chi connectivity index (χ0v) is 27.6. The first-order valence-corrected chi connectivity index (χ1v) is 17.3. The first-order chi connectivity index (χ1) is 22.4. The summed E-state index contributed by atoms with van der Waals surface area (Å²) in [4.78, 5) is 47.2. The van der Waals surface area contributed by atoms with Crippen molar-refractivity contribution >= 4 is 44.7 Å². The highest BCUT2D eigenvalue weighted by Crippen LogP contribution is 2.32. The molecule has 1 saturated carbocycles. The molecule has 2 unspecified atom stereocenters. The Kier molecular flexibility index (Phi) is 10.7. The summed E-state index contributed by atoms with van der Waals surface area (Å²) in [7, 11) is -0.0533. The highest BCUT2D eigenvalue weighted by atomic mass is 32.2. The van der Waals surface area contributed by atoms with Gasteiger partial charge in [-0.25, -0.2) is 22.5 Å². The van der Waals surface area contributed by atoms with Crippen molar-refractivity contribution in [3.05, 3.63) is 77.2 Å². The number of fused-ring (bicyclic) bond motifs is 1. The molecule has 250 valence electrons. The Hall–Kier alpha value is -4.20. The Bertz CT molecular complexity index is 1790. The first kappa shape index (κ1) is 34.1. The number of carbonyl (C=O) groups is 3. The largest absolute Gasteiger partial charge is 0.348 e. The lowest BCUT2D eigenvalue weighted by atomic mass is 10.00. The summed E-state index contributed by atoms with van der Waals surface area (Å²) >= 11 is 0. The molecule has 0 bridgehead atoms. The number of nitrogens with one attached hydrogen (secondary N) is 3. The van der Waals surface area contributed by atoms with E-state index in [9.17, 15) is 27.2 Å². The van der Waals surface area contributed by atoms with E-state index in [1.54, 1.807) is 31.2 Å². The van der Waals surface area contributed by atoms with E-state index in [0.29, 0.717) is 48.3 Å². The van der Waals surface area contributed by atoms with Crippen LogP contribution in [0.15, 0.2) is 59.5 Å². The van der Waals surface area contributed by atoms with E-state index in [4.69, 9.17) is 0 Å². The number of hydrogen-bond acceptors (Lipinski definition) is 7. The summed E-state index contributed by atoms with van der Waals surface area (Å²) < 4.78 is 42.3. The summed E-state index contributed by atoms with van der Waals surface area (Å²) in [6.07, 6.45) is 7.40. The van der Waals surface area contributed by atoms with E-state index < -0.39 is 39.7 Å². The Labute approximate surface area is 274 Å². The van der Waals surface area contributed by atoms with E-state index in [1.807, 2.05) is 25.1 Å². The minimum atomic E-state index is -3.78. The van der Waals surface area contributed by atoms with Gasteiger partial charge in [0, 0.05) is 25.0 Å². The number of halogens is 1. The summed E-state index contributed by atoms with van der Waals surface area (Å²) in [6.45, 7) is 2.64. The minimum absolute atomic E-state index is 0.0881. The number of carbonyl (C=O) groups excluding carboxylic acids is 3. The van der Waals surface area contributed by atoms with Gasteiger partial charge >= 0.3 is 0 Å². The van der Waals surface area contributed by atoms with Gasteiger partial charge in [0.15, 0.2) is 0 Å². The third-order valence-corrected chi connectivity index (χ3v) is 9.83. The Morgan fingerprint density at radius 2 is 1.87 bits per heavy atom. The molecule has 2 aliphatic rings. The zero-order chi connectivity index (χ0) is 33.7. The van der Waals surface area contributed by atoms with E-state index in [2.05, 4.69) is 26.4 Å². The quantitative estimate of drug-likeness (QED) is 0.255. The van der Waals surface area contributed by atoms with Crippen molar-refractivity contribution in [2.75, 3.05) is 40.3 Å². The van der Waals surface area contributed by atoms with E-state index >= 15 is 0 Å². The maximum atomic E-state index is 13.5. The molecule has 1 aliphatic heterocycles. The van der Waals surface area contributed by atoms with Crippen LogP contribution in [-0.4, -0.2) is 87.2 Å². The van der Waals surface area contributed by atoms with E-state index in [0.717, 1.165) is 18.4 Å². The maximum absolute atomic E-state index is 13.5. The molecule has 2 heterocycles. The molecule has 1 aliphatic carbocycles. The standard InChI is InChI=1S/C34H41FN6O5S/c1-22(28-20-27(47(45,46)37-16-18-40(2)3)13-10-24(28)9-8-23-6-7-23)38-34(44)31-5-4-17-41(31)32(42)21-36-33(43)30-14-11-25-19-26(35)12-15-29(25)39-30/h8-15,19-20,22-23,31,37H,4-7,16-18,21H2,1-3H3,(H,36,43)(H,38,44)/b9-8+. The van der Waals surface area contributed by atoms with Crippen LogP contribution < -0.4 is 15.4 Å². The highest BCUT2D eigenvalue weighted by Gasteiger charge is 2.35. The third kappa shape index (κ3) is 8.79. The van der Waals surface area contributed by atoms with Crippen molar-refractivity contribution in [3.8, 4) is 0 Å². The molecule has 11 nitrogen and oxygen atoms in total. The second-order valence-corrected chi connectivity index (χ2v) is 14.1. The molecule has 2 atom stereocenters. The lowest BCUT2D eigenvalue weighted by Gasteiger charge is -2.26. The fourth-order valence-corrected chi connectivity index (χ4v) is 6.61. The maximum Gasteiger partial charge on any atom is 0.270 e. The monoisotopic (exact) mass is 664 g/mol. The second-order valence-electron chi connectivity index (χ2n) is 12.4. The summed E-state index contributed by atoms with van der Waals surface area (Å²) in [5.74, 6) is -1.22. The minimum Gasteiger partial charge on any atom is -0.348 e.